The van der Waals surface area contributed by atoms with Gasteiger partial charge in [0, 0.05) is 16.5 Å². The van der Waals surface area contributed by atoms with Gasteiger partial charge in [-0.1, -0.05) is 46.4 Å². The Morgan fingerprint density at radius 3 is 2.59 bits per heavy atom. The number of nitrogens with one attached hydrogen (secondary N) is 1. The molecule has 0 amide bonds. The van der Waals surface area contributed by atoms with Crippen LogP contribution in [0.5, 0.6) is 11.8 Å². The molecule has 9 heteroatoms. The summed E-state index contributed by atoms with van der Waals surface area (Å²) in [5, 5.41) is 15.9. The molecule has 32 heavy (non-hydrogen) atoms. The molecule has 0 radical (unpaired) electrons. The van der Waals surface area contributed by atoms with Gasteiger partial charge in [0.15, 0.2) is 0 Å². The number of aromatic nitrogens is 4. The fourth-order valence-corrected chi connectivity index (χ4v) is 4.13. The van der Waals surface area contributed by atoms with Crippen LogP contribution in [-0.4, -0.2) is 30.6 Å². The second kappa shape index (κ2) is 8.07. The van der Waals surface area contributed by atoms with Crippen LogP contribution in [0.2, 0.25) is 5.02 Å². The number of halogens is 1. The average molecular weight is 463 g/mol. The van der Waals surface area contributed by atoms with Gasteiger partial charge >= 0.3 is 5.97 Å². The molecule has 2 aromatic heterocycles. The van der Waals surface area contributed by atoms with Crippen molar-refractivity contribution in [1.82, 2.24) is 19.6 Å². The van der Waals surface area contributed by atoms with Crippen LogP contribution in [0, 0.1) is 6.92 Å². The van der Waals surface area contributed by atoms with Crippen LogP contribution in [0.15, 0.2) is 60.0 Å². The number of ether oxygens (including phenoxy) is 1. The summed E-state index contributed by atoms with van der Waals surface area (Å²) in [5.74, 6) is -0.628. The van der Waals surface area contributed by atoms with E-state index in [1.165, 1.54) is 17.6 Å². The Balaban J connectivity index is 1.46. The van der Waals surface area contributed by atoms with Gasteiger partial charge < -0.3 is 14.8 Å². The monoisotopic (exact) mass is 462 g/mol. The zero-order valence-electron chi connectivity index (χ0n) is 16.7. The minimum Gasteiger partial charge on any atom is -0.478 e. The third-order valence-electron chi connectivity index (χ3n) is 5.05. The number of carboxylic acid groups (broad SMARTS) is 1. The molecule has 0 aliphatic rings. The number of benzene rings is 3. The number of imidazole rings is 1. The topological polar surface area (TPSA) is 101 Å². The van der Waals surface area contributed by atoms with Gasteiger partial charge in [-0.05, 0) is 53.8 Å². The lowest BCUT2D eigenvalue weighted by Crippen LogP contribution is -2.00. The average Bonchev–Trinajstić information content (AvgIpc) is 3.44. The summed E-state index contributed by atoms with van der Waals surface area (Å²) < 4.78 is 9.66. The first-order chi connectivity index (χ1) is 15.5. The lowest BCUT2D eigenvalue weighted by Gasteiger charge is -2.05. The zero-order valence-corrected chi connectivity index (χ0v) is 18.2. The van der Waals surface area contributed by atoms with Crippen molar-refractivity contribution in [2.24, 2.45) is 0 Å². The van der Waals surface area contributed by atoms with E-state index in [1.54, 1.807) is 25.1 Å². The quantitative estimate of drug-likeness (QED) is 0.322. The molecule has 5 rings (SSSR count). The molecule has 0 atom stereocenters. The van der Waals surface area contributed by atoms with Gasteiger partial charge in [0.1, 0.15) is 11.4 Å². The third kappa shape index (κ3) is 3.81. The highest BCUT2D eigenvalue weighted by Gasteiger charge is 2.13. The van der Waals surface area contributed by atoms with Crippen molar-refractivity contribution in [3.63, 3.8) is 0 Å². The minimum absolute atomic E-state index is 0.181. The molecule has 0 fully saturated rings. The summed E-state index contributed by atoms with van der Waals surface area (Å²) in [4.78, 5) is 18.9. The van der Waals surface area contributed by atoms with Crippen molar-refractivity contribution in [1.29, 1.82) is 0 Å². The van der Waals surface area contributed by atoms with Gasteiger partial charge in [0.25, 0.3) is 6.01 Å². The first-order valence-electron chi connectivity index (χ1n) is 9.57. The molecular weight excluding hydrogens is 448 g/mol. The molecule has 5 aromatic rings. The SMILES string of the molecule is Cc1ccc(Oc2nc3cc(-c4ccc(-c5csnn5)cc4)c(Cl)cc3[nH]2)cc1C(=O)O. The highest BCUT2D eigenvalue weighted by molar-refractivity contribution is 7.03. The number of carbonyl (C=O) groups is 1. The van der Waals surface area contributed by atoms with Crippen LogP contribution in [-0.2, 0) is 0 Å². The third-order valence-corrected chi connectivity index (χ3v) is 5.87. The van der Waals surface area contributed by atoms with Gasteiger partial charge in [-0.3, -0.25) is 0 Å². The molecule has 0 saturated heterocycles. The molecule has 0 saturated carbocycles. The summed E-state index contributed by atoms with van der Waals surface area (Å²) in [7, 11) is 0. The standard InChI is InChI=1S/C23H15ClN4O3S/c1-12-2-7-15(8-16(12)22(29)30)31-23-25-19-9-17(18(24)10-20(19)26-23)13-3-5-14(6-4-13)21-11-32-28-27-21/h2-11H,1H3,(H,25,26)(H,29,30). The summed E-state index contributed by atoms with van der Waals surface area (Å²) in [6.45, 7) is 1.73. The van der Waals surface area contributed by atoms with E-state index in [0.717, 1.165) is 22.4 Å². The number of fused-ring (bicyclic) bond motifs is 1. The lowest BCUT2D eigenvalue weighted by molar-refractivity contribution is 0.0695. The predicted molar refractivity (Wildman–Crippen MR) is 124 cm³/mol. The first-order valence-corrected chi connectivity index (χ1v) is 10.8. The number of hydrogen-bond donors (Lipinski definition) is 2. The number of aromatic amines is 1. The fraction of sp³-hybridized carbons (Fsp3) is 0.0435. The maximum atomic E-state index is 11.4. The number of H-pyrrole nitrogens is 1. The molecule has 158 valence electrons. The first kappa shape index (κ1) is 20.2. The summed E-state index contributed by atoms with van der Waals surface area (Å²) in [6.07, 6.45) is 0. The highest BCUT2D eigenvalue weighted by atomic mass is 35.5. The normalized spacial score (nSPS) is 11.1. The van der Waals surface area contributed by atoms with Crippen molar-refractivity contribution < 1.29 is 14.6 Å². The number of rotatable bonds is 5. The molecule has 0 unspecified atom stereocenters. The smallest absolute Gasteiger partial charge is 0.336 e. The van der Waals surface area contributed by atoms with Crippen LogP contribution < -0.4 is 4.74 Å². The van der Waals surface area contributed by atoms with E-state index in [4.69, 9.17) is 16.3 Å². The molecule has 2 heterocycles. The summed E-state index contributed by atoms with van der Waals surface area (Å²) >= 11 is 7.85. The second-order valence-electron chi connectivity index (χ2n) is 7.14. The highest BCUT2D eigenvalue weighted by Crippen LogP contribution is 2.34. The minimum atomic E-state index is -1.01. The molecule has 2 N–H and O–H groups in total. The molecule has 0 aliphatic heterocycles. The Labute approximate surface area is 191 Å². The molecule has 7 nitrogen and oxygen atoms in total. The predicted octanol–water partition coefficient (Wildman–Crippen LogP) is 6.20. The number of carboxylic acids is 1. The number of hydrogen-bond acceptors (Lipinski definition) is 6. The van der Waals surface area contributed by atoms with Gasteiger partial charge in [0.2, 0.25) is 0 Å². The van der Waals surface area contributed by atoms with Gasteiger partial charge in [-0.25, -0.2) is 4.79 Å². The molecular formula is C23H15ClN4O3S. The number of aromatic carboxylic acids is 1. The van der Waals surface area contributed by atoms with Crippen LogP contribution in [0.4, 0.5) is 0 Å². The molecule has 3 aromatic carbocycles. The Bertz CT molecular complexity index is 1450. The van der Waals surface area contributed by atoms with E-state index in [1.807, 2.05) is 35.7 Å². The van der Waals surface area contributed by atoms with Crippen molar-refractivity contribution in [2.75, 3.05) is 0 Å². The summed E-state index contributed by atoms with van der Waals surface area (Å²) in [5.41, 5.74) is 5.82. The largest absolute Gasteiger partial charge is 0.478 e. The fourth-order valence-electron chi connectivity index (χ4n) is 3.39. The van der Waals surface area contributed by atoms with Gasteiger partial charge in [0.05, 0.1) is 21.6 Å². The van der Waals surface area contributed by atoms with E-state index in [9.17, 15) is 9.90 Å². The van der Waals surface area contributed by atoms with Gasteiger partial charge in [-0.15, -0.1) is 5.10 Å². The van der Waals surface area contributed by atoms with Crippen molar-refractivity contribution in [3.8, 4) is 34.1 Å². The Morgan fingerprint density at radius 1 is 1.09 bits per heavy atom. The van der Waals surface area contributed by atoms with Crippen molar-refractivity contribution in [3.05, 3.63) is 76.1 Å². The van der Waals surface area contributed by atoms with E-state index in [2.05, 4.69) is 19.6 Å². The van der Waals surface area contributed by atoms with Crippen molar-refractivity contribution in [2.45, 2.75) is 6.92 Å². The van der Waals surface area contributed by atoms with Gasteiger partial charge in [-0.2, -0.15) is 4.98 Å². The maximum absolute atomic E-state index is 11.4. The van der Waals surface area contributed by atoms with E-state index in [-0.39, 0.29) is 11.6 Å². The van der Waals surface area contributed by atoms with Crippen LogP contribution in [0.25, 0.3) is 33.4 Å². The maximum Gasteiger partial charge on any atom is 0.336 e. The number of aryl methyl sites for hydroxylation is 1. The number of nitrogens with zero attached hydrogens (tertiary/aromatic N) is 3. The summed E-state index contributed by atoms with van der Waals surface area (Å²) in [6, 6.07) is 16.7. The second-order valence-corrected chi connectivity index (χ2v) is 8.16. The lowest BCUT2D eigenvalue weighted by atomic mass is 10.0. The van der Waals surface area contributed by atoms with Crippen molar-refractivity contribution >= 4 is 40.1 Å². The van der Waals surface area contributed by atoms with Crippen LogP contribution in [0.3, 0.4) is 0 Å². The van der Waals surface area contributed by atoms with Crippen LogP contribution in [0.1, 0.15) is 15.9 Å². The Hall–Kier alpha value is -3.75. The van der Waals surface area contributed by atoms with E-state index >= 15 is 0 Å². The van der Waals surface area contributed by atoms with E-state index in [0.29, 0.717) is 27.4 Å². The molecule has 0 aliphatic carbocycles. The van der Waals surface area contributed by atoms with Crippen LogP contribution >= 0.6 is 23.1 Å². The molecule has 0 spiro atoms. The molecule has 0 bridgehead atoms. The Kier molecular flexibility index (Phi) is 5.08. The van der Waals surface area contributed by atoms with E-state index < -0.39 is 5.97 Å². The Morgan fingerprint density at radius 2 is 1.88 bits per heavy atom. The zero-order chi connectivity index (χ0) is 22.2.